The van der Waals surface area contributed by atoms with Crippen molar-refractivity contribution in [3.8, 4) is 0 Å². The van der Waals surface area contributed by atoms with Crippen LogP contribution in [0.1, 0.15) is 12.5 Å². The Morgan fingerprint density at radius 3 is 2.61 bits per heavy atom. The second kappa shape index (κ2) is 5.48. The third kappa shape index (κ3) is 2.77. The highest BCUT2D eigenvalue weighted by Crippen LogP contribution is 2.13. The first kappa shape index (κ1) is 12.3. The number of pyridine rings is 1. The van der Waals surface area contributed by atoms with Crippen LogP contribution in [0.25, 0.3) is 0 Å². The van der Waals surface area contributed by atoms with Crippen molar-refractivity contribution in [1.82, 2.24) is 9.88 Å². The number of aromatic nitrogens is 1. The average molecular weight is 248 g/mol. The molecule has 2 rings (SSSR count). The van der Waals surface area contributed by atoms with Crippen molar-refractivity contribution < 1.29 is 10.0 Å². The van der Waals surface area contributed by atoms with Crippen molar-refractivity contribution in [2.24, 2.45) is 5.16 Å². The summed E-state index contributed by atoms with van der Waals surface area (Å²) in [6.07, 6.45) is 3.00. The summed E-state index contributed by atoms with van der Waals surface area (Å²) in [5.74, 6) is 1.01. The Morgan fingerprint density at radius 1 is 1.39 bits per heavy atom. The van der Waals surface area contributed by atoms with E-state index in [4.69, 9.17) is 5.21 Å². The Morgan fingerprint density at radius 2 is 2.11 bits per heavy atom. The van der Waals surface area contributed by atoms with Gasteiger partial charge in [-0.1, -0.05) is 5.16 Å². The fraction of sp³-hybridized carbons (Fsp3) is 0.417. The molecule has 2 heterocycles. The third-order valence-corrected chi connectivity index (χ3v) is 3.03. The lowest BCUT2D eigenvalue weighted by molar-refractivity contribution is -0.129. The summed E-state index contributed by atoms with van der Waals surface area (Å²) in [5.41, 5.74) is 0.753. The molecule has 1 aromatic heterocycles. The molecule has 6 nitrogen and oxygen atoms in total. The van der Waals surface area contributed by atoms with Gasteiger partial charge in [-0.15, -0.1) is 0 Å². The van der Waals surface area contributed by atoms with Crippen LogP contribution in [0, 0.1) is 0 Å². The van der Waals surface area contributed by atoms with Gasteiger partial charge in [0.1, 0.15) is 5.82 Å². The second-order valence-electron chi connectivity index (χ2n) is 4.19. The Hall–Kier alpha value is -2.11. The maximum absolute atomic E-state index is 11.2. The van der Waals surface area contributed by atoms with Crippen LogP contribution in [0.4, 0.5) is 5.82 Å². The monoisotopic (exact) mass is 248 g/mol. The lowest BCUT2D eigenvalue weighted by Crippen LogP contribution is -2.48. The standard InChI is InChI=1S/C12H16N4O2/c1-10(17)15-4-6-16(7-5-15)12-3-2-11(8-13-12)9-14-18/h2-3,8-9,18H,4-7H2,1H3/b14-9+. The van der Waals surface area contributed by atoms with Crippen molar-refractivity contribution in [3.63, 3.8) is 0 Å². The summed E-state index contributed by atoms with van der Waals surface area (Å²) in [6.45, 7) is 4.64. The number of anilines is 1. The van der Waals surface area contributed by atoms with Gasteiger partial charge in [0.25, 0.3) is 0 Å². The predicted molar refractivity (Wildman–Crippen MR) is 68.1 cm³/mol. The van der Waals surface area contributed by atoms with Crippen molar-refractivity contribution in [1.29, 1.82) is 0 Å². The number of oxime groups is 1. The quantitative estimate of drug-likeness (QED) is 0.471. The zero-order chi connectivity index (χ0) is 13.0. The number of carbonyl (C=O) groups is 1. The van der Waals surface area contributed by atoms with Gasteiger partial charge in [-0.3, -0.25) is 4.79 Å². The van der Waals surface area contributed by atoms with E-state index in [1.54, 1.807) is 13.1 Å². The number of hydrogen-bond donors (Lipinski definition) is 1. The molecule has 1 aromatic rings. The van der Waals surface area contributed by atoms with Crippen molar-refractivity contribution in [2.45, 2.75) is 6.92 Å². The Balaban J connectivity index is 1.99. The molecule has 96 valence electrons. The van der Waals surface area contributed by atoms with E-state index in [0.717, 1.165) is 37.6 Å². The average Bonchev–Trinajstić information content (AvgIpc) is 2.40. The Kier molecular flexibility index (Phi) is 3.76. The first-order chi connectivity index (χ1) is 8.70. The highest BCUT2D eigenvalue weighted by Gasteiger charge is 2.19. The van der Waals surface area contributed by atoms with Gasteiger partial charge in [0.05, 0.1) is 6.21 Å². The zero-order valence-electron chi connectivity index (χ0n) is 10.3. The largest absolute Gasteiger partial charge is 0.411 e. The fourth-order valence-electron chi connectivity index (χ4n) is 1.98. The van der Waals surface area contributed by atoms with E-state index in [0.29, 0.717) is 0 Å². The maximum Gasteiger partial charge on any atom is 0.219 e. The number of amides is 1. The summed E-state index contributed by atoms with van der Waals surface area (Å²) in [5, 5.41) is 11.4. The molecule has 1 saturated heterocycles. The van der Waals surface area contributed by atoms with E-state index in [2.05, 4.69) is 15.0 Å². The smallest absolute Gasteiger partial charge is 0.219 e. The van der Waals surface area contributed by atoms with Crippen LogP contribution in [-0.2, 0) is 4.79 Å². The van der Waals surface area contributed by atoms with Crippen LogP contribution in [0.5, 0.6) is 0 Å². The molecule has 0 spiro atoms. The molecule has 1 aliphatic rings. The summed E-state index contributed by atoms with van der Waals surface area (Å²) in [4.78, 5) is 19.5. The summed E-state index contributed by atoms with van der Waals surface area (Å²) < 4.78 is 0. The SMILES string of the molecule is CC(=O)N1CCN(c2ccc(/C=N/O)cn2)CC1. The van der Waals surface area contributed by atoms with E-state index in [9.17, 15) is 4.79 Å². The minimum atomic E-state index is 0.122. The number of rotatable bonds is 2. The lowest BCUT2D eigenvalue weighted by Gasteiger charge is -2.34. The van der Waals surface area contributed by atoms with Crippen LogP contribution < -0.4 is 4.90 Å². The molecule has 0 aliphatic carbocycles. The van der Waals surface area contributed by atoms with Crippen LogP contribution >= 0.6 is 0 Å². The topological polar surface area (TPSA) is 69.0 Å². The molecule has 0 aromatic carbocycles. The van der Waals surface area contributed by atoms with E-state index < -0.39 is 0 Å². The van der Waals surface area contributed by atoms with E-state index in [-0.39, 0.29) is 5.91 Å². The molecule has 1 N–H and O–H groups in total. The van der Waals surface area contributed by atoms with Gasteiger partial charge in [0, 0.05) is 44.9 Å². The fourth-order valence-corrected chi connectivity index (χ4v) is 1.98. The molecule has 1 amide bonds. The number of hydrogen-bond acceptors (Lipinski definition) is 5. The van der Waals surface area contributed by atoms with Gasteiger partial charge in [0.15, 0.2) is 0 Å². The number of piperazine rings is 1. The molecule has 18 heavy (non-hydrogen) atoms. The molecule has 0 radical (unpaired) electrons. The summed E-state index contributed by atoms with van der Waals surface area (Å²) >= 11 is 0. The summed E-state index contributed by atoms with van der Waals surface area (Å²) in [7, 11) is 0. The highest BCUT2D eigenvalue weighted by atomic mass is 16.4. The van der Waals surface area contributed by atoms with Gasteiger partial charge in [0.2, 0.25) is 5.91 Å². The number of nitrogens with zero attached hydrogens (tertiary/aromatic N) is 4. The van der Waals surface area contributed by atoms with Gasteiger partial charge >= 0.3 is 0 Å². The van der Waals surface area contributed by atoms with Crippen LogP contribution in [0.2, 0.25) is 0 Å². The van der Waals surface area contributed by atoms with E-state index >= 15 is 0 Å². The molecular formula is C12H16N4O2. The second-order valence-corrected chi connectivity index (χ2v) is 4.19. The van der Waals surface area contributed by atoms with E-state index in [1.165, 1.54) is 6.21 Å². The zero-order valence-corrected chi connectivity index (χ0v) is 10.3. The molecule has 1 fully saturated rings. The number of carbonyl (C=O) groups excluding carboxylic acids is 1. The lowest BCUT2D eigenvalue weighted by atomic mass is 10.2. The van der Waals surface area contributed by atoms with Crippen LogP contribution in [-0.4, -0.2) is 53.4 Å². The highest BCUT2D eigenvalue weighted by molar-refractivity contribution is 5.78. The van der Waals surface area contributed by atoms with Crippen LogP contribution in [0.3, 0.4) is 0 Å². The minimum Gasteiger partial charge on any atom is -0.411 e. The minimum absolute atomic E-state index is 0.122. The van der Waals surface area contributed by atoms with Gasteiger partial charge in [-0.2, -0.15) is 0 Å². The van der Waals surface area contributed by atoms with Crippen molar-refractivity contribution in [3.05, 3.63) is 23.9 Å². The molecule has 0 atom stereocenters. The molecule has 0 bridgehead atoms. The molecule has 1 aliphatic heterocycles. The predicted octanol–water partition coefficient (Wildman–Crippen LogP) is 0.558. The molecule has 0 saturated carbocycles. The Bertz CT molecular complexity index is 436. The van der Waals surface area contributed by atoms with Crippen LogP contribution in [0.15, 0.2) is 23.5 Å². The molecular weight excluding hydrogens is 232 g/mol. The van der Waals surface area contributed by atoms with Crippen molar-refractivity contribution >= 4 is 17.9 Å². The summed E-state index contributed by atoms with van der Waals surface area (Å²) in [6, 6.07) is 3.74. The first-order valence-corrected chi connectivity index (χ1v) is 5.84. The van der Waals surface area contributed by atoms with Gasteiger partial charge < -0.3 is 15.0 Å². The van der Waals surface area contributed by atoms with Gasteiger partial charge in [-0.25, -0.2) is 4.98 Å². The van der Waals surface area contributed by atoms with E-state index in [1.807, 2.05) is 17.0 Å². The first-order valence-electron chi connectivity index (χ1n) is 5.84. The molecule has 6 heteroatoms. The molecule has 0 unspecified atom stereocenters. The maximum atomic E-state index is 11.2. The van der Waals surface area contributed by atoms with Gasteiger partial charge in [-0.05, 0) is 12.1 Å². The van der Waals surface area contributed by atoms with Crippen molar-refractivity contribution in [2.75, 3.05) is 31.1 Å². The Labute approximate surface area is 106 Å². The third-order valence-electron chi connectivity index (χ3n) is 3.03. The normalized spacial score (nSPS) is 16.3.